The van der Waals surface area contributed by atoms with Gasteiger partial charge in [-0.25, -0.2) is 4.68 Å². The lowest BCUT2D eigenvalue weighted by molar-refractivity contribution is 0.0177. The highest BCUT2D eigenvalue weighted by atomic mass is 16.5. The number of aromatic nitrogens is 3. The van der Waals surface area contributed by atoms with Crippen molar-refractivity contribution in [2.75, 3.05) is 20.2 Å². The average Bonchev–Trinajstić information content (AvgIpc) is 2.95. The molecule has 0 spiro atoms. The van der Waals surface area contributed by atoms with Crippen LogP contribution < -0.4 is 15.0 Å². The van der Waals surface area contributed by atoms with Crippen LogP contribution in [0.3, 0.4) is 0 Å². The number of benzene rings is 1. The van der Waals surface area contributed by atoms with E-state index in [2.05, 4.69) is 5.10 Å². The number of aryl methyl sites for hydroxylation is 2. The topological polar surface area (TPSA) is 78.6 Å². The minimum Gasteiger partial charge on any atom is -0.486 e. The number of amides is 1. The molecule has 0 bridgehead atoms. The van der Waals surface area contributed by atoms with Gasteiger partial charge in [-0.3, -0.25) is 9.59 Å². The number of fused-ring (bicyclic) bond motifs is 1. The van der Waals surface area contributed by atoms with Gasteiger partial charge in [0.2, 0.25) is 5.88 Å². The summed E-state index contributed by atoms with van der Waals surface area (Å²) in [6, 6.07) is 8.71. The van der Waals surface area contributed by atoms with Crippen LogP contribution in [0.25, 0.3) is 10.9 Å². The SMILES string of the molecule is COc1c2ccc(C(=O)N3CC(Oc4cc(C)n(C)c(=O)c4)C3)cc2nn1C. The number of carbonyl (C=O) groups excluding carboxylic acids is 1. The molecule has 1 aliphatic heterocycles. The van der Waals surface area contributed by atoms with Crippen LogP contribution in [-0.2, 0) is 14.1 Å². The van der Waals surface area contributed by atoms with E-state index in [0.29, 0.717) is 35.8 Å². The lowest BCUT2D eigenvalue weighted by Gasteiger charge is -2.39. The Morgan fingerprint density at radius 2 is 1.93 bits per heavy atom. The maximum atomic E-state index is 12.7. The van der Waals surface area contributed by atoms with Crippen LogP contribution in [0, 0.1) is 6.92 Å². The number of hydrogen-bond donors (Lipinski definition) is 0. The van der Waals surface area contributed by atoms with Crippen molar-refractivity contribution < 1.29 is 14.3 Å². The average molecular weight is 382 g/mol. The second-order valence-electron chi connectivity index (χ2n) is 7.04. The first kappa shape index (κ1) is 18.1. The van der Waals surface area contributed by atoms with Gasteiger partial charge in [-0.05, 0) is 31.2 Å². The number of nitrogens with zero attached hydrogens (tertiary/aromatic N) is 4. The van der Waals surface area contributed by atoms with Crippen molar-refractivity contribution in [3.63, 3.8) is 0 Å². The molecule has 3 aromatic rings. The summed E-state index contributed by atoms with van der Waals surface area (Å²) >= 11 is 0. The molecule has 8 heteroatoms. The first-order chi connectivity index (χ1) is 13.4. The van der Waals surface area contributed by atoms with Crippen molar-refractivity contribution >= 4 is 16.8 Å². The first-order valence-corrected chi connectivity index (χ1v) is 9.01. The molecular weight excluding hydrogens is 360 g/mol. The number of hydrogen-bond acceptors (Lipinski definition) is 5. The van der Waals surface area contributed by atoms with E-state index in [0.717, 1.165) is 11.1 Å². The van der Waals surface area contributed by atoms with Gasteiger partial charge >= 0.3 is 0 Å². The summed E-state index contributed by atoms with van der Waals surface area (Å²) in [6.07, 6.45) is -0.117. The number of carbonyl (C=O) groups is 1. The fraction of sp³-hybridized carbons (Fsp3) is 0.350. The Morgan fingerprint density at radius 1 is 1.18 bits per heavy atom. The van der Waals surface area contributed by atoms with Gasteiger partial charge in [-0.1, -0.05) is 0 Å². The summed E-state index contributed by atoms with van der Waals surface area (Å²) in [6.45, 7) is 2.82. The fourth-order valence-electron chi connectivity index (χ4n) is 3.41. The maximum Gasteiger partial charge on any atom is 0.254 e. The minimum absolute atomic E-state index is 0.0634. The zero-order valence-electron chi connectivity index (χ0n) is 16.3. The van der Waals surface area contributed by atoms with E-state index in [1.54, 1.807) is 47.5 Å². The summed E-state index contributed by atoms with van der Waals surface area (Å²) in [4.78, 5) is 26.3. The highest BCUT2D eigenvalue weighted by molar-refractivity contribution is 5.99. The predicted molar refractivity (Wildman–Crippen MR) is 104 cm³/mol. The van der Waals surface area contributed by atoms with Crippen molar-refractivity contribution in [1.29, 1.82) is 0 Å². The molecule has 0 N–H and O–H groups in total. The summed E-state index contributed by atoms with van der Waals surface area (Å²) in [5.74, 6) is 1.14. The lowest BCUT2D eigenvalue weighted by Crippen LogP contribution is -2.56. The van der Waals surface area contributed by atoms with Crippen LogP contribution in [0.5, 0.6) is 11.6 Å². The largest absolute Gasteiger partial charge is 0.486 e. The summed E-state index contributed by atoms with van der Waals surface area (Å²) < 4.78 is 14.4. The Balaban J connectivity index is 1.44. The highest BCUT2D eigenvalue weighted by Crippen LogP contribution is 2.27. The van der Waals surface area contributed by atoms with Gasteiger partial charge in [0.05, 0.1) is 31.1 Å². The number of methoxy groups -OCH3 is 1. The molecule has 28 heavy (non-hydrogen) atoms. The van der Waals surface area contributed by atoms with Gasteiger partial charge in [-0.15, -0.1) is 0 Å². The van der Waals surface area contributed by atoms with Crippen molar-refractivity contribution in [3.05, 3.63) is 51.9 Å². The third-order valence-electron chi connectivity index (χ3n) is 5.13. The zero-order chi connectivity index (χ0) is 20.0. The molecule has 8 nitrogen and oxygen atoms in total. The number of ether oxygens (including phenoxy) is 2. The molecule has 1 amide bonds. The van der Waals surface area contributed by atoms with Gasteiger partial charge < -0.3 is 18.9 Å². The second-order valence-corrected chi connectivity index (χ2v) is 7.04. The number of rotatable bonds is 4. The van der Waals surface area contributed by atoms with Crippen molar-refractivity contribution in [2.45, 2.75) is 13.0 Å². The van der Waals surface area contributed by atoms with E-state index in [-0.39, 0.29) is 17.6 Å². The molecule has 1 saturated heterocycles. The van der Waals surface area contributed by atoms with Crippen molar-refractivity contribution in [1.82, 2.24) is 19.2 Å². The molecule has 0 atom stereocenters. The Labute approximate surface area is 161 Å². The Bertz CT molecular complexity index is 1130. The van der Waals surface area contributed by atoms with E-state index < -0.39 is 0 Å². The maximum absolute atomic E-state index is 12.7. The Hall–Kier alpha value is -3.29. The molecule has 0 aliphatic carbocycles. The van der Waals surface area contributed by atoms with Crippen LogP contribution in [0.1, 0.15) is 16.1 Å². The Kier molecular flexibility index (Phi) is 4.33. The first-order valence-electron chi connectivity index (χ1n) is 9.01. The third-order valence-corrected chi connectivity index (χ3v) is 5.13. The monoisotopic (exact) mass is 382 g/mol. The van der Waals surface area contributed by atoms with Gasteiger partial charge in [0.1, 0.15) is 11.9 Å². The van der Waals surface area contributed by atoms with E-state index in [1.807, 2.05) is 19.1 Å². The molecular formula is C20H22N4O4. The second kappa shape index (κ2) is 6.70. The molecule has 1 aromatic carbocycles. The van der Waals surface area contributed by atoms with Gasteiger partial charge in [-0.2, -0.15) is 5.10 Å². The molecule has 0 radical (unpaired) electrons. The van der Waals surface area contributed by atoms with Crippen LogP contribution >= 0.6 is 0 Å². The van der Waals surface area contributed by atoms with E-state index in [4.69, 9.17) is 9.47 Å². The van der Waals surface area contributed by atoms with Crippen LogP contribution in [0.2, 0.25) is 0 Å². The van der Waals surface area contributed by atoms with Crippen LogP contribution in [0.4, 0.5) is 0 Å². The van der Waals surface area contributed by atoms with Gasteiger partial charge in [0.25, 0.3) is 11.5 Å². The predicted octanol–water partition coefficient (Wildman–Crippen LogP) is 1.49. The molecule has 4 rings (SSSR count). The molecule has 0 unspecified atom stereocenters. The zero-order valence-corrected chi connectivity index (χ0v) is 16.3. The van der Waals surface area contributed by atoms with E-state index >= 15 is 0 Å². The Morgan fingerprint density at radius 3 is 2.61 bits per heavy atom. The quantitative estimate of drug-likeness (QED) is 0.683. The van der Waals surface area contributed by atoms with Crippen LogP contribution in [0.15, 0.2) is 35.1 Å². The van der Waals surface area contributed by atoms with Crippen molar-refractivity contribution in [2.24, 2.45) is 14.1 Å². The minimum atomic E-state index is -0.117. The van der Waals surface area contributed by atoms with E-state index in [1.165, 1.54) is 6.07 Å². The molecule has 2 aromatic heterocycles. The number of likely N-dealkylation sites (tertiary alicyclic amines) is 1. The van der Waals surface area contributed by atoms with Crippen molar-refractivity contribution in [3.8, 4) is 11.6 Å². The molecule has 3 heterocycles. The lowest BCUT2D eigenvalue weighted by atomic mass is 10.1. The summed E-state index contributed by atoms with van der Waals surface area (Å²) in [5, 5.41) is 5.26. The smallest absolute Gasteiger partial charge is 0.254 e. The summed E-state index contributed by atoms with van der Waals surface area (Å²) in [5.41, 5.74) is 2.01. The van der Waals surface area contributed by atoms with Crippen LogP contribution in [-0.4, -0.2) is 51.5 Å². The van der Waals surface area contributed by atoms with Gasteiger partial charge in [0, 0.05) is 31.4 Å². The molecule has 146 valence electrons. The molecule has 1 aliphatic rings. The molecule has 0 saturated carbocycles. The van der Waals surface area contributed by atoms with Gasteiger partial charge in [0.15, 0.2) is 0 Å². The molecule has 1 fully saturated rings. The summed E-state index contributed by atoms with van der Waals surface area (Å²) in [7, 11) is 5.12. The van der Waals surface area contributed by atoms with E-state index in [9.17, 15) is 9.59 Å². The number of pyridine rings is 1. The normalized spacial score (nSPS) is 14.2. The fourth-order valence-corrected chi connectivity index (χ4v) is 3.41. The third kappa shape index (κ3) is 3.00. The highest BCUT2D eigenvalue weighted by Gasteiger charge is 2.33. The standard InChI is InChI=1S/C20H22N4O4/c1-12-7-14(9-18(25)22(12)2)28-15-10-24(11-15)19(26)13-5-6-16-17(8-13)21-23(3)20(16)27-4/h5-9,15H,10-11H2,1-4H3.